The van der Waals surface area contributed by atoms with Crippen molar-refractivity contribution in [3.8, 4) is 0 Å². The summed E-state index contributed by atoms with van der Waals surface area (Å²) in [6.07, 6.45) is 1.18. The van der Waals surface area contributed by atoms with Crippen molar-refractivity contribution < 1.29 is 13.5 Å². The first-order valence-electron chi connectivity index (χ1n) is 5.92. The molecule has 6 nitrogen and oxygen atoms in total. The van der Waals surface area contributed by atoms with Crippen molar-refractivity contribution in [2.75, 3.05) is 12.3 Å². The van der Waals surface area contributed by atoms with E-state index in [1.807, 2.05) is 6.07 Å². The van der Waals surface area contributed by atoms with Crippen molar-refractivity contribution in [3.63, 3.8) is 0 Å². The van der Waals surface area contributed by atoms with Gasteiger partial charge in [-0.25, -0.2) is 18.1 Å². The monoisotopic (exact) mass is 293 g/mol. The lowest BCUT2D eigenvalue weighted by Gasteiger charge is -2.16. The molecule has 0 saturated heterocycles. The summed E-state index contributed by atoms with van der Waals surface area (Å²) in [5.41, 5.74) is 6.10. The molecule has 0 bridgehead atoms. The van der Waals surface area contributed by atoms with Gasteiger partial charge in [-0.05, 0) is 17.7 Å². The highest BCUT2D eigenvalue weighted by atomic mass is 32.2. The number of nitrogens with zero attached hydrogens (tertiary/aromatic N) is 1. The molecule has 0 aliphatic heterocycles. The Hall–Kier alpha value is -1.96. The number of nitrogens with one attached hydrogen (secondary N) is 1. The second-order valence-corrected chi connectivity index (χ2v) is 5.90. The fourth-order valence-corrected chi connectivity index (χ4v) is 2.86. The molecule has 4 N–H and O–H groups in total. The number of benzene rings is 1. The molecule has 1 aromatic carbocycles. The van der Waals surface area contributed by atoms with Gasteiger partial charge in [0.15, 0.2) is 0 Å². The zero-order valence-electron chi connectivity index (χ0n) is 10.6. The zero-order valence-corrected chi connectivity index (χ0v) is 11.4. The smallest absolute Gasteiger partial charge is 0.242 e. The number of aliphatic hydroxyl groups is 1. The standard InChI is InChI=1S/C13H15N3O3S/c14-13-7-6-11(8-15-13)20(18,19)16-12(9-17)10-4-2-1-3-5-10/h1-8,12,16-17H,9H2,(H2,14,15). The Balaban J connectivity index is 2.24. The second kappa shape index (κ2) is 6.00. The van der Waals surface area contributed by atoms with Crippen LogP contribution < -0.4 is 10.5 Å². The number of nitrogens with two attached hydrogens (primary N) is 1. The SMILES string of the molecule is Nc1ccc(S(=O)(=O)NC(CO)c2ccccc2)cn1. The highest BCUT2D eigenvalue weighted by Crippen LogP contribution is 2.16. The first kappa shape index (κ1) is 14.4. The van der Waals surface area contributed by atoms with Crippen LogP contribution in [0, 0.1) is 0 Å². The topological polar surface area (TPSA) is 105 Å². The predicted molar refractivity (Wildman–Crippen MR) is 75.2 cm³/mol. The van der Waals surface area contributed by atoms with Gasteiger partial charge in [-0.3, -0.25) is 0 Å². The number of aromatic nitrogens is 1. The maximum absolute atomic E-state index is 12.2. The van der Waals surface area contributed by atoms with Crippen molar-refractivity contribution in [1.82, 2.24) is 9.71 Å². The summed E-state index contributed by atoms with van der Waals surface area (Å²) in [6.45, 7) is -0.342. The van der Waals surface area contributed by atoms with Crippen LogP contribution in [-0.4, -0.2) is 25.1 Å². The minimum atomic E-state index is -3.76. The molecule has 2 aromatic rings. The van der Waals surface area contributed by atoms with Gasteiger partial charge in [-0.1, -0.05) is 30.3 Å². The minimum absolute atomic E-state index is 0.00100. The Morgan fingerprint density at radius 3 is 2.45 bits per heavy atom. The fraction of sp³-hybridized carbons (Fsp3) is 0.154. The van der Waals surface area contributed by atoms with Gasteiger partial charge >= 0.3 is 0 Å². The fourth-order valence-electron chi connectivity index (χ4n) is 1.70. The molecule has 20 heavy (non-hydrogen) atoms. The van der Waals surface area contributed by atoms with E-state index in [-0.39, 0.29) is 17.3 Å². The molecule has 1 aromatic heterocycles. The Labute approximate surface area is 117 Å². The van der Waals surface area contributed by atoms with Crippen molar-refractivity contribution in [3.05, 3.63) is 54.2 Å². The van der Waals surface area contributed by atoms with Crippen molar-refractivity contribution in [1.29, 1.82) is 0 Å². The number of hydrogen-bond donors (Lipinski definition) is 3. The molecule has 2 rings (SSSR count). The maximum Gasteiger partial charge on any atom is 0.242 e. The normalized spacial score (nSPS) is 13.1. The largest absolute Gasteiger partial charge is 0.394 e. The maximum atomic E-state index is 12.2. The Bertz CT molecular complexity index is 657. The van der Waals surface area contributed by atoms with Gasteiger partial charge in [0.25, 0.3) is 0 Å². The summed E-state index contributed by atoms with van der Waals surface area (Å²) in [6, 6.07) is 10.9. The van der Waals surface area contributed by atoms with E-state index >= 15 is 0 Å². The Morgan fingerprint density at radius 1 is 1.20 bits per heavy atom. The molecule has 7 heteroatoms. The lowest BCUT2D eigenvalue weighted by atomic mass is 10.1. The van der Waals surface area contributed by atoms with Gasteiger partial charge in [0.05, 0.1) is 12.6 Å². The number of rotatable bonds is 5. The molecule has 0 amide bonds. The molecule has 0 spiro atoms. The van der Waals surface area contributed by atoms with E-state index in [1.54, 1.807) is 24.3 Å². The average Bonchev–Trinajstić information content (AvgIpc) is 2.46. The molecule has 0 aliphatic rings. The van der Waals surface area contributed by atoms with E-state index in [4.69, 9.17) is 5.73 Å². The van der Waals surface area contributed by atoms with Crippen LogP contribution in [0.4, 0.5) is 5.82 Å². The summed E-state index contributed by atoms with van der Waals surface area (Å²) in [7, 11) is -3.76. The van der Waals surface area contributed by atoms with E-state index in [0.29, 0.717) is 5.56 Å². The highest BCUT2D eigenvalue weighted by Gasteiger charge is 2.21. The average molecular weight is 293 g/mol. The molecule has 106 valence electrons. The van der Waals surface area contributed by atoms with Gasteiger partial charge < -0.3 is 10.8 Å². The number of anilines is 1. The zero-order chi connectivity index (χ0) is 14.6. The van der Waals surface area contributed by atoms with Crippen molar-refractivity contribution in [2.24, 2.45) is 0 Å². The third-order valence-corrected chi connectivity index (χ3v) is 4.21. The summed E-state index contributed by atoms with van der Waals surface area (Å²) in [4.78, 5) is 3.75. The predicted octanol–water partition coefficient (Wildman–Crippen LogP) is 0.676. The number of sulfonamides is 1. The van der Waals surface area contributed by atoms with Crippen LogP contribution in [0.15, 0.2) is 53.6 Å². The number of hydrogen-bond acceptors (Lipinski definition) is 5. The van der Waals surface area contributed by atoms with Crippen molar-refractivity contribution in [2.45, 2.75) is 10.9 Å². The van der Waals surface area contributed by atoms with Gasteiger partial charge in [-0.15, -0.1) is 0 Å². The first-order chi connectivity index (χ1) is 9.53. The summed E-state index contributed by atoms with van der Waals surface area (Å²) < 4.78 is 26.8. The third kappa shape index (κ3) is 3.32. The van der Waals surface area contributed by atoms with Crippen LogP contribution in [0.3, 0.4) is 0 Å². The lowest BCUT2D eigenvalue weighted by Crippen LogP contribution is -2.31. The minimum Gasteiger partial charge on any atom is -0.394 e. The molecule has 1 unspecified atom stereocenters. The Morgan fingerprint density at radius 2 is 1.90 bits per heavy atom. The molecular formula is C13H15N3O3S. The summed E-state index contributed by atoms with van der Waals surface area (Å²) in [5.74, 6) is 0.241. The third-order valence-electron chi connectivity index (χ3n) is 2.75. The van der Waals surface area contributed by atoms with Crippen molar-refractivity contribution >= 4 is 15.8 Å². The number of pyridine rings is 1. The first-order valence-corrected chi connectivity index (χ1v) is 7.41. The van der Waals surface area contributed by atoms with Gasteiger partial charge in [-0.2, -0.15) is 0 Å². The molecule has 0 radical (unpaired) electrons. The van der Waals surface area contributed by atoms with Crippen LogP contribution in [-0.2, 0) is 10.0 Å². The molecule has 1 atom stereocenters. The van der Waals surface area contributed by atoms with E-state index in [9.17, 15) is 13.5 Å². The van der Waals surface area contributed by atoms with E-state index in [1.165, 1.54) is 18.3 Å². The van der Waals surface area contributed by atoms with E-state index in [2.05, 4.69) is 9.71 Å². The number of nitrogen functional groups attached to an aromatic ring is 1. The molecule has 0 saturated carbocycles. The summed E-state index contributed by atoms with van der Waals surface area (Å²) >= 11 is 0. The molecular weight excluding hydrogens is 278 g/mol. The molecule has 1 heterocycles. The molecule has 0 fully saturated rings. The van der Waals surface area contributed by atoms with Gasteiger partial charge in [0.1, 0.15) is 10.7 Å². The van der Waals surface area contributed by atoms with Gasteiger partial charge in [0.2, 0.25) is 10.0 Å². The van der Waals surface area contributed by atoms with Gasteiger partial charge in [0, 0.05) is 6.20 Å². The van der Waals surface area contributed by atoms with Crippen LogP contribution in [0.5, 0.6) is 0 Å². The van der Waals surface area contributed by atoms with E-state index < -0.39 is 16.1 Å². The summed E-state index contributed by atoms with van der Waals surface area (Å²) in [5, 5.41) is 9.37. The Kier molecular flexibility index (Phi) is 4.33. The van der Waals surface area contributed by atoms with E-state index in [0.717, 1.165) is 0 Å². The lowest BCUT2D eigenvalue weighted by molar-refractivity contribution is 0.259. The second-order valence-electron chi connectivity index (χ2n) is 4.19. The quantitative estimate of drug-likeness (QED) is 0.751. The molecule has 0 aliphatic carbocycles. The van der Waals surface area contributed by atoms with Crippen LogP contribution in [0.1, 0.15) is 11.6 Å². The highest BCUT2D eigenvalue weighted by molar-refractivity contribution is 7.89. The van der Waals surface area contributed by atoms with Crippen LogP contribution in [0.25, 0.3) is 0 Å². The van der Waals surface area contributed by atoms with Crippen LogP contribution >= 0.6 is 0 Å². The number of aliphatic hydroxyl groups excluding tert-OH is 1. The van der Waals surface area contributed by atoms with Crippen LogP contribution in [0.2, 0.25) is 0 Å².